The van der Waals surface area contributed by atoms with Crippen LogP contribution in [0.5, 0.6) is 0 Å². The molecule has 1 amide bonds. The van der Waals surface area contributed by atoms with Gasteiger partial charge in [0.1, 0.15) is 11.4 Å². The average molecular weight is 262 g/mol. The van der Waals surface area contributed by atoms with Gasteiger partial charge in [-0.25, -0.2) is 9.18 Å². The number of alkyl halides is 3. The van der Waals surface area contributed by atoms with Crippen molar-refractivity contribution in [3.05, 3.63) is 29.1 Å². The van der Waals surface area contributed by atoms with E-state index >= 15 is 0 Å². The Bertz CT molecular complexity index is 520. The first-order valence-corrected chi connectivity index (χ1v) is 4.45. The summed E-state index contributed by atoms with van der Waals surface area (Å²) in [6.07, 6.45) is -5.98. The molecular weight excluding hydrogens is 256 g/mol. The minimum absolute atomic E-state index is 0.302. The molecule has 4 nitrogen and oxygen atoms in total. The molecule has 0 radical (unpaired) electrons. The van der Waals surface area contributed by atoms with Gasteiger partial charge in [0, 0.05) is 5.69 Å². The lowest BCUT2D eigenvalue weighted by atomic mass is 10.1. The van der Waals surface area contributed by atoms with Crippen LogP contribution >= 0.6 is 0 Å². The number of hydrogen-bond donors (Lipinski definition) is 1. The van der Waals surface area contributed by atoms with Crippen LogP contribution in [0.4, 0.5) is 28.0 Å². The van der Waals surface area contributed by atoms with Gasteiger partial charge in [-0.3, -0.25) is 5.32 Å². The number of carbonyl (C=O) groups excluding carboxylic acids is 1. The maximum Gasteiger partial charge on any atom is 0.420 e. The zero-order chi connectivity index (χ0) is 13.9. The topological polar surface area (TPSA) is 62.1 Å². The second-order valence-corrected chi connectivity index (χ2v) is 3.11. The number of methoxy groups -OCH3 is 1. The summed E-state index contributed by atoms with van der Waals surface area (Å²) in [5.41, 5.74) is -2.89. The van der Waals surface area contributed by atoms with Crippen molar-refractivity contribution < 1.29 is 27.1 Å². The molecule has 0 saturated heterocycles. The molecule has 0 spiro atoms. The number of carbonyl (C=O) groups is 1. The highest BCUT2D eigenvalue weighted by Crippen LogP contribution is 2.35. The van der Waals surface area contributed by atoms with Crippen molar-refractivity contribution in [2.45, 2.75) is 6.18 Å². The van der Waals surface area contributed by atoms with E-state index in [2.05, 4.69) is 4.74 Å². The Balaban J connectivity index is 3.29. The average Bonchev–Trinajstić information content (AvgIpc) is 2.25. The Morgan fingerprint density at radius 2 is 2.06 bits per heavy atom. The number of nitrogens with zero attached hydrogens (tertiary/aromatic N) is 1. The number of halogens is 4. The van der Waals surface area contributed by atoms with Crippen LogP contribution in [0.15, 0.2) is 12.1 Å². The predicted octanol–water partition coefficient (Wildman–Crippen LogP) is 2.89. The van der Waals surface area contributed by atoms with E-state index in [-0.39, 0.29) is 5.69 Å². The van der Waals surface area contributed by atoms with Crippen LogP contribution in [0, 0.1) is 17.1 Å². The molecule has 0 aliphatic rings. The molecule has 0 fully saturated rings. The minimum atomic E-state index is -4.99. The normalized spacial score (nSPS) is 10.7. The molecule has 0 aromatic heterocycles. The monoisotopic (exact) mass is 262 g/mol. The summed E-state index contributed by atoms with van der Waals surface area (Å²) in [5, 5.41) is 10.5. The highest BCUT2D eigenvalue weighted by atomic mass is 19.4. The summed E-state index contributed by atoms with van der Waals surface area (Å²) in [5.74, 6) is -1.65. The van der Waals surface area contributed by atoms with Crippen molar-refractivity contribution in [3.63, 3.8) is 0 Å². The van der Waals surface area contributed by atoms with Gasteiger partial charge in [0.25, 0.3) is 0 Å². The lowest BCUT2D eigenvalue weighted by Gasteiger charge is -2.12. The molecule has 1 aromatic rings. The Morgan fingerprint density at radius 1 is 1.44 bits per heavy atom. The lowest BCUT2D eigenvalue weighted by molar-refractivity contribution is -0.140. The zero-order valence-corrected chi connectivity index (χ0v) is 8.93. The van der Waals surface area contributed by atoms with Gasteiger partial charge in [-0.15, -0.1) is 0 Å². The Hall–Kier alpha value is -2.30. The highest BCUT2D eigenvalue weighted by Gasteiger charge is 2.37. The van der Waals surface area contributed by atoms with Crippen LogP contribution in [-0.2, 0) is 10.9 Å². The van der Waals surface area contributed by atoms with E-state index in [1.54, 1.807) is 0 Å². The van der Waals surface area contributed by atoms with E-state index in [0.29, 0.717) is 12.1 Å². The molecule has 8 heteroatoms. The van der Waals surface area contributed by atoms with Gasteiger partial charge < -0.3 is 4.74 Å². The van der Waals surface area contributed by atoms with Crippen molar-refractivity contribution in [3.8, 4) is 6.07 Å². The quantitative estimate of drug-likeness (QED) is 0.791. The molecule has 0 aliphatic carbocycles. The van der Waals surface area contributed by atoms with Gasteiger partial charge in [0.2, 0.25) is 0 Å². The van der Waals surface area contributed by atoms with E-state index < -0.39 is 29.2 Å². The largest absolute Gasteiger partial charge is 0.453 e. The van der Waals surface area contributed by atoms with Crippen LogP contribution < -0.4 is 5.32 Å². The molecule has 1 N–H and O–H groups in total. The summed E-state index contributed by atoms with van der Waals surface area (Å²) in [4.78, 5) is 10.8. The number of nitrogens with one attached hydrogen (secondary N) is 1. The number of hydrogen-bond acceptors (Lipinski definition) is 3. The van der Waals surface area contributed by atoms with Crippen molar-refractivity contribution in [1.82, 2.24) is 0 Å². The molecule has 96 valence electrons. The first-order chi connectivity index (χ1) is 8.29. The second-order valence-electron chi connectivity index (χ2n) is 3.11. The third-order valence-corrected chi connectivity index (χ3v) is 1.93. The number of ether oxygens (including phenoxy) is 1. The summed E-state index contributed by atoms with van der Waals surface area (Å²) in [6, 6.07) is 2.39. The maximum atomic E-state index is 13.3. The van der Waals surface area contributed by atoms with Crippen LogP contribution in [0.25, 0.3) is 0 Å². The predicted molar refractivity (Wildman–Crippen MR) is 52.1 cm³/mol. The van der Waals surface area contributed by atoms with Gasteiger partial charge in [-0.2, -0.15) is 18.4 Å². The fourth-order valence-electron chi connectivity index (χ4n) is 1.22. The molecular formula is C10H6F4N2O2. The van der Waals surface area contributed by atoms with Crippen molar-refractivity contribution in [2.75, 3.05) is 12.4 Å². The fourth-order valence-corrected chi connectivity index (χ4v) is 1.22. The molecule has 0 aliphatic heterocycles. The summed E-state index contributed by atoms with van der Waals surface area (Å²) >= 11 is 0. The molecule has 0 bridgehead atoms. The summed E-state index contributed by atoms with van der Waals surface area (Å²) in [6.45, 7) is 0. The molecule has 1 aromatic carbocycles. The van der Waals surface area contributed by atoms with Crippen LogP contribution in [0.3, 0.4) is 0 Å². The number of benzene rings is 1. The summed E-state index contributed by atoms with van der Waals surface area (Å²) < 4.78 is 54.8. The van der Waals surface area contributed by atoms with Crippen molar-refractivity contribution >= 4 is 11.8 Å². The van der Waals surface area contributed by atoms with Gasteiger partial charge >= 0.3 is 12.3 Å². The lowest BCUT2D eigenvalue weighted by Crippen LogP contribution is -2.15. The Labute approximate surface area is 98.8 Å². The van der Waals surface area contributed by atoms with Crippen molar-refractivity contribution in [1.29, 1.82) is 5.26 Å². The standard InChI is InChI=1S/C10H6F4N2O2/c1-18-9(17)16-6-2-5(4-15)8(7(11)3-6)10(12,13)14/h2-3H,1H3,(H,16,17). The number of rotatable bonds is 1. The van der Waals surface area contributed by atoms with Crippen LogP contribution in [-0.4, -0.2) is 13.2 Å². The van der Waals surface area contributed by atoms with E-state index in [1.165, 1.54) is 6.07 Å². The van der Waals surface area contributed by atoms with Crippen LogP contribution in [0.1, 0.15) is 11.1 Å². The smallest absolute Gasteiger partial charge is 0.420 e. The highest BCUT2D eigenvalue weighted by molar-refractivity contribution is 5.84. The third-order valence-electron chi connectivity index (χ3n) is 1.93. The first-order valence-electron chi connectivity index (χ1n) is 4.45. The Kier molecular flexibility index (Phi) is 3.76. The summed E-state index contributed by atoms with van der Waals surface area (Å²) in [7, 11) is 1.03. The van der Waals surface area contributed by atoms with E-state index in [0.717, 1.165) is 7.11 Å². The molecule has 0 atom stereocenters. The second kappa shape index (κ2) is 4.91. The van der Waals surface area contributed by atoms with E-state index in [9.17, 15) is 22.4 Å². The fraction of sp³-hybridized carbons (Fsp3) is 0.200. The van der Waals surface area contributed by atoms with Gasteiger partial charge in [-0.05, 0) is 12.1 Å². The van der Waals surface area contributed by atoms with Crippen molar-refractivity contribution in [2.24, 2.45) is 0 Å². The molecule has 0 saturated carbocycles. The first kappa shape index (κ1) is 13.8. The Morgan fingerprint density at radius 3 is 2.50 bits per heavy atom. The zero-order valence-electron chi connectivity index (χ0n) is 8.93. The maximum absolute atomic E-state index is 13.3. The van der Waals surface area contributed by atoms with Gasteiger partial charge in [0.05, 0.1) is 18.7 Å². The SMILES string of the molecule is COC(=O)Nc1cc(F)c(C(F)(F)F)c(C#N)c1. The molecule has 1 rings (SSSR count). The number of nitriles is 1. The molecule has 0 heterocycles. The number of anilines is 1. The van der Waals surface area contributed by atoms with Crippen LogP contribution in [0.2, 0.25) is 0 Å². The number of amides is 1. The van der Waals surface area contributed by atoms with Gasteiger partial charge in [0.15, 0.2) is 0 Å². The minimum Gasteiger partial charge on any atom is -0.453 e. The van der Waals surface area contributed by atoms with Gasteiger partial charge in [-0.1, -0.05) is 0 Å². The third kappa shape index (κ3) is 2.88. The molecule has 0 unspecified atom stereocenters. The van der Waals surface area contributed by atoms with E-state index in [1.807, 2.05) is 5.32 Å². The molecule has 18 heavy (non-hydrogen) atoms. The van der Waals surface area contributed by atoms with E-state index in [4.69, 9.17) is 5.26 Å².